The van der Waals surface area contributed by atoms with Crippen molar-refractivity contribution in [3.05, 3.63) is 116 Å². The molecule has 0 saturated carbocycles. The zero-order chi connectivity index (χ0) is 22.9. The lowest BCUT2D eigenvalue weighted by Gasteiger charge is -2.17. The molecule has 31 heavy (non-hydrogen) atoms. The molecule has 0 atom stereocenters. The van der Waals surface area contributed by atoms with Crippen molar-refractivity contribution in [1.82, 2.24) is 0 Å². The normalized spacial score (nSPS) is 12.5. The number of rotatable bonds is 5. The fraction of sp³-hybridized carbons (Fsp3) is 0.0435. The zero-order valence-corrected chi connectivity index (χ0v) is 19.2. The summed E-state index contributed by atoms with van der Waals surface area (Å²) in [7, 11) is -4.21. The number of benzene rings is 3. The standard InChI is InChI=1S/C23H15Cl3F2O2S/c1-3-21(31(29,30)16-8-11-20(27)19(26)12-16)22(14-4-6-15(24)7-5-14)17-9-10-18(25)23(28)13(17)2/h3-12H,1H2,2H3/b22-21+. The molecule has 0 saturated heterocycles. The summed E-state index contributed by atoms with van der Waals surface area (Å²) in [6.45, 7) is 5.16. The molecule has 0 heterocycles. The Morgan fingerprint density at radius 1 is 0.935 bits per heavy atom. The Hall–Kier alpha value is -2.18. The van der Waals surface area contributed by atoms with Crippen molar-refractivity contribution in [3.63, 3.8) is 0 Å². The van der Waals surface area contributed by atoms with E-state index in [2.05, 4.69) is 6.58 Å². The Kier molecular flexibility index (Phi) is 6.92. The van der Waals surface area contributed by atoms with Crippen molar-refractivity contribution in [2.24, 2.45) is 0 Å². The van der Waals surface area contributed by atoms with E-state index in [1.807, 2.05) is 0 Å². The first-order chi connectivity index (χ1) is 14.6. The van der Waals surface area contributed by atoms with Crippen LogP contribution in [0.3, 0.4) is 0 Å². The second-order valence-electron chi connectivity index (χ2n) is 6.56. The molecule has 0 spiro atoms. The van der Waals surface area contributed by atoms with Crippen LogP contribution in [0.25, 0.3) is 5.57 Å². The molecule has 0 N–H and O–H groups in total. The van der Waals surface area contributed by atoms with Gasteiger partial charge >= 0.3 is 0 Å². The molecular weight excluding hydrogens is 485 g/mol. The number of halogens is 5. The molecule has 0 amide bonds. The molecule has 3 aromatic carbocycles. The van der Waals surface area contributed by atoms with E-state index in [1.165, 1.54) is 19.1 Å². The minimum Gasteiger partial charge on any atom is -0.218 e. The van der Waals surface area contributed by atoms with Crippen LogP contribution in [0, 0.1) is 18.6 Å². The highest BCUT2D eigenvalue weighted by Crippen LogP contribution is 2.37. The second kappa shape index (κ2) is 9.13. The smallest absolute Gasteiger partial charge is 0.207 e. The monoisotopic (exact) mass is 498 g/mol. The number of hydrogen-bond donors (Lipinski definition) is 0. The van der Waals surface area contributed by atoms with E-state index >= 15 is 0 Å². The van der Waals surface area contributed by atoms with Gasteiger partial charge in [-0.2, -0.15) is 0 Å². The molecule has 0 fully saturated rings. The highest BCUT2D eigenvalue weighted by molar-refractivity contribution is 7.95. The summed E-state index contributed by atoms with van der Waals surface area (Å²) in [6, 6.07) is 12.4. The summed E-state index contributed by atoms with van der Waals surface area (Å²) in [6.07, 6.45) is 1.16. The van der Waals surface area contributed by atoms with Crippen LogP contribution < -0.4 is 0 Å². The van der Waals surface area contributed by atoms with Gasteiger partial charge in [-0.1, -0.05) is 59.6 Å². The quantitative estimate of drug-likeness (QED) is 0.267. The van der Waals surface area contributed by atoms with Crippen LogP contribution in [-0.2, 0) is 9.84 Å². The van der Waals surface area contributed by atoms with Crippen LogP contribution in [0.4, 0.5) is 8.78 Å². The van der Waals surface area contributed by atoms with Crippen LogP contribution in [-0.4, -0.2) is 8.42 Å². The molecule has 8 heteroatoms. The van der Waals surface area contributed by atoms with Crippen molar-refractivity contribution >= 4 is 50.2 Å². The van der Waals surface area contributed by atoms with Gasteiger partial charge in [-0.05, 0) is 66.1 Å². The molecule has 0 unspecified atom stereocenters. The fourth-order valence-corrected chi connectivity index (χ4v) is 5.15. The summed E-state index contributed by atoms with van der Waals surface area (Å²) >= 11 is 17.7. The summed E-state index contributed by atoms with van der Waals surface area (Å²) < 4.78 is 55.2. The van der Waals surface area contributed by atoms with E-state index in [0.29, 0.717) is 16.1 Å². The molecule has 2 nitrogen and oxygen atoms in total. The number of sulfone groups is 1. The molecule has 0 aliphatic rings. The summed E-state index contributed by atoms with van der Waals surface area (Å²) in [5.74, 6) is -1.42. The maximum atomic E-state index is 14.6. The van der Waals surface area contributed by atoms with Crippen molar-refractivity contribution in [2.75, 3.05) is 0 Å². The topological polar surface area (TPSA) is 34.1 Å². The van der Waals surface area contributed by atoms with Gasteiger partial charge in [-0.3, -0.25) is 0 Å². The maximum absolute atomic E-state index is 14.6. The Balaban J connectivity index is 2.42. The number of hydrogen-bond acceptors (Lipinski definition) is 2. The maximum Gasteiger partial charge on any atom is 0.207 e. The highest BCUT2D eigenvalue weighted by atomic mass is 35.5. The lowest BCUT2D eigenvalue weighted by molar-refractivity contribution is 0.601. The molecule has 0 bridgehead atoms. The first kappa shape index (κ1) is 23.5. The van der Waals surface area contributed by atoms with Crippen LogP contribution in [0.2, 0.25) is 15.1 Å². The third-order valence-electron chi connectivity index (χ3n) is 4.66. The van der Waals surface area contributed by atoms with E-state index in [0.717, 1.165) is 24.3 Å². The molecule has 160 valence electrons. The average Bonchev–Trinajstić information content (AvgIpc) is 2.73. The number of allylic oxidation sites excluding steroid dienone is 1. The predicted molar refractivity (Wildman–Crippen MR) is 122 cm³/mol. The van der Waals surface area contributed by atoms with Gasteiger partial charge in [-0.25, -0.2) is 17.2 Å². The van der Waals surface area contributed by atoms with E-state index in [-0.39, 0.29) is 31.0 Å². The largest absolute Gasteiger partial charge is 0.218 e. The molecule has 0 aromatic heterocycles. The van der Waals surface area contributed by atoms with Crippen LogP contribution in [0.15, 0.2) is 77.1 Å². The lowest BCUT2D eigenvalue weighted by atomic mass is 9.93. The average molecular weight is 500 g/mol. The van der Waals surface area contributed by atoms with Gasteiger partial charge in [0.05, 0.1) is 19.8 Å². The van der Waals surface area contributed by atoms with Crippen molar-refractivity contribution < 1.29 is 17.2 Å². The molecule has 3 aromatic rings. The Bertz CT molecular complexity index is 1320. The molecule has 0 radical (unpaired) electrons. The minimum absolute atomic E-state index is 0.0926. The van der Waals surface area contributed by atoms with Crippen molar-refractivity contribution in [2.45, 2.75) is 11.8 Å². The minimum atomic E-state index is -4.21. The third kappa shape index (κ3) is 4.55. The summed E-state index contributed by atoms with van der Waals surface area (Å²) in [5, 5.41) is 0.00622. The first-order valence-electron chi connectivity index (χ1n) is 8.85. The van der Waals surface area contributed by atoms with E-state index < -0.39 is 21.5 Å². The molecule has 0 aliphatic heterocycles. The zero-order valence-electron chi connectivity index (χ0n) is 16.1. The fourth-order valence-electron chi connectivity index (χ4n) is 3.09. The van der Waals surface area contributed by atoms with Gasteiger partial charge in [0.1, 0.15) is 11.6 Å². The van der Waals surface area contributed by atoms with Gasteiger partial charge in [0.2, 0.25) is 9.84 Å². The van der Waals surface area contributed by atoms with Crippen LogP contribution >= 0.6 is 34.8 Å². The third-order valence-corrected chi connectivity index (χ3v) is 7.32. The summed E-state index contributed by atoms with van der Waals surface area (Å²) in [4.78, 5) is -0.435. The van der Waals surface area contributed by atoms with E-state index in [4.69, 9.17) is 34.8 Å². The van der Waals surface area contributed by atoms with Gasteiger partial charge in [0.25, 0.3) is 0 Å². The first-order valence-corrected chi connectivity index (χ1v) is 11.5. The van der Waals surface area contributed by atoms with Crippen molar-refractivity contribution in [1.29, 1.82) is 0 Å². The van der Waals surface area contributed by atoms with E-state index in [9.17, 15) is 17.2 Å². The van der Waals surface area contributed by atoms with Crippen molar-refractivity contribution in [3.8, 4) is 0 Å². The van der Waals surface area contributed by atoms with E-state index in [1.54, 1.807) is 24.3 Å². The predicted octanol–water partition coefficient (Wildman–Crippen LogP) is 7.65. The SMILES string of the molecule is C=C/C(=C(/c1ccc(Cl)cc1)c1ccc(Cl)c(F)c1C)S(=O)(=O)c1ccc(F)c(Cl)c1. The molecular formula is C23H15Cl3F2O2S. The van der Waals surface area contributed by atoms with Crippen LogP contribution in [0.5, 0.6) is 0 Å². The molecule has 3 rings (SSSR count). The van der Waals surface area contributed by atoms with Gasteiger partial charge in [0.15, 0.2) is 0 Å². The Morgan fingerprint density at radius 2 is 1.58 bits per heavy atom. The van der Waals surface area contributed by atoms with Crippen LogP contribution in [0.1, 0.15) is 16.7 Å². The Morgan fingerprint density at radius 3 is 2.16 bits per heavy atom. The second-order valence-corrected chi connectivity index (χ2v) is 9.73. The van der Waals surface area contributed by atoms with Gasteiger partial charge < -0.3 is 0 Å². The Labute approximate surface area is 194 Å². The lowest BCUT2D eigenvalue weighted by Crippen LogP contribution is -2.08. The molecule has 0 aliphatic carbocycles. The van der Waals surface area contributed by atoms with Gasteiger partial charge in [-0.15, -0.1) is 0 Å². The van der Waals surface area contributed by atoms with Gasteiger partial charge in [0, 0.05) is 10.6 Å². The summed E-state index contributed by atoms with van der Waals surface area (Å²) in [5.41, 5.74) is 1.11. The highest BCUT2D eigenvalue weighted by Gasteiger charge is 2.26.